The lowest BCUT2D eigenvalue weighted by atomic mass is 10.1. The molecular weight excluding hydrogens is 252 g/mol. The summed E-state index contributed by atoms with van der Waals surface area (Å²) >= 11 is 0. The topological polar surface area (TPSA) is 59.8 Å². The Bertz CT molecular complexity index is 615. The van der Waals surface area contributed by atoms with Gasteiger partial charge in [0.1, 0.15) is 5.82 Å². The van der Waals surface area contributed by atoms with Crippen LogP contribution in [-0.2, 0) is 24.3 Å². The van der Waals surface area contributed by atoms with E-state index in [-0.39, 0.29) is 5.91 Å². The monoisotopic (exact) mass is 270 g/mol. The van der Waals surface area contributed by atoms with E-state index in [2.05, 4.69) is 20.1 Å². The number of hydrogen-bond acceptors (Lipinski definition) is 3. The second-order valence-corrected chi connectivity index (χ2v) is 5.16. The van der Waals surface area contributed by atoms with Crippen LogP contribution >= 0.6 is 0 Å². The van der Waals surface area contributed by atoms with Gasteiger partial charge in [0.2, 0.25) is 5.91 Å². The minimum atomic E-state index is -0.0133. The van der Waals surface area contributed by atoms with Gasteiger partial charge in [0.25, 0.3) is 0 Å². The number of amides is 1. The lowest BCUT2D eigenvalue weighted by molar-refractivity contribution is -0.119. The van der Waals surface area contributed by atoms with E-state index in [0.29, 0.717) is 6.54 Å². The first-order valence-corrected chi connectivity index (χ1v) is 7.00. The summed E-state index contributed by atoms with van der Waals surface area (Å²) in [5.41, 5.74) is 2.17. The SMILES string of the molecule is CC(=O)NCc1ccc(-c2nnc3n2CCCC3)cc1. The molecule has 2 aromatic rings. The fraction of sp³-hybridized carbons (Fsp3) is 0.400. The van der Waals surface area contributed by atoms with Crippen LogP contribution in [0.2, 0.25) is 0 Å². The normalized spacial score (nSPS) is 13.8. The summed E-state index contributed by atoms with van der Waals surface area (Å²) < 4.78 is 2.21. The zero-order valence-corrected chi connectivity index (χ0v) is 11.6. The first-order valence-electron chi connectivity index (χ1n) is 7.00. The van der Waals surface area contributed by atoms with E-state index in [1.165, 1.54) is 19.8 Å². The predicted molar refractivity (Wildman–Crippen MR) is 75.9 cm³/mol. The average molecular weight is 270 g/mol. The molecule has 0 atom stereocenters. The molecule has 0 aliphatic carbocycles. The van der Waals surface area contributed by atoms with Gasteiger partial charge in [-0.05, 0) is 18.4 Å². The van der Waals surface area contributed by atoms with Crippen LogP contribution in [0.25, 0.3) is 11.4 Å². The van der Waals surface area contributed by atoms with Crippen molar-refractivity contribution in [3.05, 3.63) is 35.7 Å². The minimum absolute atomic E-state index is 0.0133. The lowest BCUT2D eigenvalue weighted by Crippen LogP contribution is -2.18. The maximum Gasteiger partial charge on any atom is 0.217 e. The summed E-state index contributed by atoms with van der Waals surface area (Å²) in [5, 5.41) is 11.4. The van der Waals surface area contributed by atoms with Gasteiger partial charge in [0.05, 0.1) is 0 Å². The van der Waals surface area contributed by atoms with E-state index < -0.39 is 0 Å². The van der Waals surface area contributed by atoms with Gasteiger partial charge >= 0.3 is 0 Å². The van der Waals surface area contributed by atoms with Crippen molar-refractivity contribution in [1.29, 1.82) is 0 Å². The molecule has 0 radical (unpaired) electrons. The summed E-state index contributed by atoms with van der Waals surface area (Å²) in [6.07, 6.45) is 3.42. The molecular formula is C15H18N4O. The molecule has 20 heavy (non-hydrogen) atoms. The Kier molecular flexibility index (Phi) is 3.50. The second kappa shape index (κ2) is 5.45. The van der Waals surface area contributed by atoms with Gasteiger partial charge in [-0.15, -0.1) is 10.2 Å². The first kappa shape index (κ1) is 12.8. The first-order chi connectivity index (χ1) is 9.74. The number of aromatic nitrogens is 3. The van der Waals surface area contributed by atoms with Crippen molar-refractivity contribution in [3.8, 4) is 11.4 Å². The molecule has 0 unspecified atom stereocenters. The Hall–Kier alpha value is -2.17. The van der Waals surface area contributed by atoms with Crippen molar-refractivity contribution in [1.82, 2.24) is 20.1 Å². The molecule has 1 aromatic heterocycles. The highest BCUT2D eigenvalue weighted by Crippen LogP contribution is 2.23. The lowest BCUT2D eigenvalue weighted by Gasteiger charge is -2.14. The quantitative estimate of drug-likeness (QED) is 0.927. The van der Waals surface area contributed by atoms with E-state index in [9.17, 15) is 4.79 Å². The summed E-state index contributed by atoms with van der Waals surface area (Å²) in [6, 6.07) is 8.14. The number of nitrogens with zero attached hydrogens (tertiary/aromatic N) is 3. The molecule has 0 bridgehead atoms. The van der Waals surface area contributed by atoms with Crippen LogP contribution in [0.1, 0.15) is 31.2 Å². The van der Waals surface area contributed by atoms with Crippen molar-refractivity contribution in [2.45, 2.75) is 39.3 Å². The molecule has 1 aromatic carbocycles. The third-order valence-electron chi connectivity index (χ3n) is 3.61. The van der Waals surface area contributed by atoms with Crippen LogP contribution in [0.3, 0.4) is 0 Å². The van der Waals surface area contributed by atoms with Crippen LogP contribution in [0.5, 0.6) is 0 Å². The van der Waals surface area contributed by atoms with Crippen molar-refractivity contribution >= 4 is 5.91 Å². The fourth-order valence-electron chi connectivity index (χ4n) is 2.52. The Morgan fingerprint density at radius 1 is 1.25 bits per heavy atom. The molecule has 104 valence electrons. The maximum absolute atomic E-state index is 10.9. The van der Waals surface area contributed by atoms with Crippen LogP contribution in [0.4, 0.5) is 0 Å². The molecule has 1 N–H and O–H groups in total. The molecule has 2 heterocycles. The Balaban J connectivity index is 1.81. The second-order valence-electron chi connectivity index (χ2n) is 5.16. The number of hydrogen-bond donors (Lipinski definition) is 1. The Morgan fingerprint density at radius 3 is 2.80 bits per heavy atom. The molecule has 5 nitrogen and oxygen atoms in total. The van der Waals surface area contributed by atoms with Crippen LogP contribution in [0.15, 0.2) is 24.3 Å². The van der Waals surface area contributed by atoms with Gasteiger partial charge in [-0.25, -0.2) is 0 Å². The van der Waals surface area contributed by atoms with Gasteiger partial charge < -0.3 is 9.88 Å². The van der Waals surface area contributed by atoms with Gasteiger partial charge in [-0.1, -0.05) is 24.3 Å². The Labute approximate surface area is 118 Å². The summed E-state index contributed by atoms with van der Waals surface area (Å²) in [5.74, 6) is 2.03. The van der Waals surface area contributed by atoms with Crippen molar-refractivity contribution < 1.29 is 4.79 Å². The van der Waals surface area contributed by atoms with E-state index in [0.717, 1.165) is 35.7 Å². The highest BCUT2D eigenvalue weighted by Gasteiger charge is 2.16. The molecule has 0 spiro atoms. The fourth-order valence-corrected chi connectivity index (χ4v) is 2.52. The van der Waals surface area contributed by atoms with Gasteiger partial charge in [-0.2, -0.15) is 0 Å². The number of nitrogens with one attached hydrogen (secondary N) is 1. The Morgan fingerprint density at radius 2 is 2.05 bits per heavy atom. The predicted octanol–water partition coefficient (Wildman–Crippen LogP) is 1.92. The molecule has 0 fully saturated rings. The maximum atomic E-state index is 10.9. The van der Waals surface area contributed by atoms with Gasteiger partial charge in [-0.3, -0.25) is 4.79 Å². The number of fused-ring (bicyclic) bond motifs is 1. The molecule has 1 aliphatic heterocycles. The molecule has 3 rings (SSSR count). The minimum Gasteiger partial charge on any atom is -0.352 e. The number of aryl methyl sites for hydroxylation is 1. The molecule has 1 amide bonds. The standard InChI is InChI=1S/C15H18N4O/c1-11(20)16-10-12-5-7-13(8-6-12)15-18-17-14-4-2-3-9-19(14)15/h5-8H,2-4,9-10H2,1H3,(H,16,20). The number of benzene rings is 1. The van der Waals surface area contributed by atoms with E-state index in [1.54, 1.807) is 0 Å². The summed E-state index contributed by atoms with van der Waals surface area (Å²) in [7, 11) is 0. The highest BCUT2D eigenvalue weighted by molar-refractivity contribution is 5.72. The van der Waals surface area contributed by atoms with Crippen LogP contribution in [0, 0.1) is 0 Å². The molecule has 0 saturated carbocycles. The number of carbonyl (C=O) groups excluding carboxylic acids is 1. The zero-order chi connectivity index (χ0) is 13.9. The summed E-state index contributed by atoms with van der Waals surface area (Å²) in [4.78, 5) is 10.9. The van der Waals surface area contributed by atoms with Crippen molar-refractivity contribution in [2.24, 2.45) is 0 Å². The largest absolute Gasteiger partial charge is 0.352 e. The smallest absolute Gasteiger partial charge is 0.217 e. The van der Waals surface area contributed by atoms with E-state index in [1.807, 2.05) is 24.3 Å². The van der Waals surface area contributed by atoms with E-state index >= 15 is 0 Å². The third-order valence-corrected chi connectivity index (χ3v) is 3.61. The average Bonchev–Trinajstić information content (AvgIpc) is 2.89. The number of carbonyl (C=O) groups is 1. The van der Waals surface area contributed by atoms with Gasteiger partial charge in [0.15, 0.2) is 5.82 Å². The summed E-state index contributed by atoms with van der Waals surface area (Å²) in [6.45, 7) is 3.09. The van der Waals surface area contributed by atoms with Crippen molar-refractivity contribution in [3.63, 3.8) is 0 Å². The molecule has 0 saturated heterocycles. The zero-order valence-electron chi connectivity index (χ0n) is 11.6. The third kappa shape index (κ3) is 2.57. The van der Waals surface area contributed by atoms with Crippen LogP contribution < -0.4 is 5.32 Å². The van der Waals surface area contributed by atoms with Gasteiger partial charge in [0, 0.05) is 32.0 Å². The highest BCUT2D eigenvalue weighted by atomic mass is 16.1. The molecule has 1 aliphatic rings. The van der Waals surface area contributed by atoms with Crippen molar-refractivity contribution in [2.75, 3.05) is 0 Å². The number of rotatable bonds is 3. The van der Waals surface area contributed by atoms with E-state index in [4.69, 9.17) is 0 Å². The molecule has 5 heteroatoms. The van der Waals surface area contributed by atoms with Crippen LogP contribution in [-0.4, -0.2) is 20.7 Å².